The van der Waals surface area contributed by atoms with E-state index in [-0.39, 0.29) is 30.4 Å². The van der Waals surface area contributed by atoms with Crippen LogP contribution in [-0.2, 0) is 14.3 Å². The van der Waals surface area contributed by atoms with Crippen molar-refractivity contribution in [2.45, 2.75) is 19.3 Å². The molecular formula is C14H13FO3. The van der Waals surface area contributed by atoms with Crippen LogP contribution in [-0.4, -0.2) is 18.9 Å². The van der Waals surface area contributed by atoms with E-state index >= 15 is 0 Å². The van der Waals surface area contributed by atoms with Crippen molar-refractivity contribution in [3.63, 3.8) is 0 Å². The highest BCUT2D eigenvalue weighted by Crippen LogP contribution is 2.02. The van der Waals surface area contributed by atoms with Crippen molar-refractivity contribution in [3.8, 4) is 11.8 Å². The van der Waals surface area contributed by atoms with Crippen molar-refractivity contribution in [2.24, 2.45) is 0 Å². The van der Waals surface area contributed by atoms with Crippen LogP contribution in [0.5, 0.6) is 0 Å². The lowest BCUT2D eigenvalue weighted by Crippen LogP contribution is -2.01. The van der Waals surface area contributed by atoms with E-state index in [1.165, 1.54) is 25.3 Å². The zero-order chi connectivity index (χ0) is 13.4. The molecule has 0 N–H and O–H groups in total. The van der Waals surface area contributed by atoms with Crippen molar-refractivity contribution in [2.75, 3.05) is 7.11 Å². The van der Waals surface area contributed by atoms with Crippen molar-refractivity contribution in [1.82, 2.24) is 0 Å². The van der Waals surface area contributed by atoms with E-state index in [2.05, 4.69) is 16.6 Å². The fourth-order valence-corrected chi connectivity index (χ4v) is 1.27. The van der Waals surface area contributed by atoms with Crippen LogP contribution in [0.3, 0.4) is 0 Å². The smallest absolute Gasteiger partial charge is 0.305 e. The molecule has 1 rings (SSSR count). The second-order valence-corrected chi connectivity index (χ2v) is 3.61. The number of hydrogen-bond donors (Lipinski definition) is 0. The molecule has 0 saturated carbocycles. The minimum Gasteiger partial charge on any atom is -0.469 e. The molecule has 0 radical (unpaired) electrons. The first-order chi connectivity index (χ1) is 8.61. The van der Waals surface area contributed by atoms with Gasteiger partial charge in [-0.3, -0.25) is 9.59 Å². The van der Waals surface area contributed by atoms with Gasteiger partial charge in [-0.05, 0) is 30.5 Å². The summed E-state index contributed by atoms with van der Waals surface area (Å²) in [4.78, 5) is 22.2. The van der Waals surface area contributed by atoms with Crippen LogP contribution in [0.4, 0.5) is 4.39 Å². The van der Waals surface area contributed by atoms with Crippen molar-refractivity contribution in [3.05, 3.63) is 35.6 Å². The third-order valence-corrected chi connectivity index (χ3v) is 2.18. The summed E-state index contributed by atoms with van der Waals surface area (Å²) in [6, 6.07) is 5.72. The molecule has 0 heterocycles. The van der Waals surface area contributed by atoms with Gasteiger partial charge in [-0.2, -0.15) is 0 Å². The lowest BCUT2D eigenvalue weighted by atomic mass is 10.1. The molecule has 0 aliphatic carbocycles. The molecule has 1 aromatic rings. The molecule has 0 unspecified atom stereocenters. The Labute approximate surface area is 105 Å². The summed E-state index contributed by atoms with van der Waals surface area (Å²) in [7, 11) is 1.30. The number of hydrogen-bond acceptors (Lipinski definition) is 3. The number of Topliss-reactive ketones (excluding diaryl/α,β-unsaturated/α-hetero) is 1. The van der Waals surface area contributed by atoms with Crippen LogP contribution < -0.4 is 0 Å². The zero-order valence-corrected chi connectivity index (χ0v) is 10.0. The number of carbonyl (C=O) groups is 2. The van der Waals surface area contributed by atoms with Gasteiger partial charge < -0.3 is 4.74 Å². The topological polar surface area (TPSA) is 43.4 Å². The van der Waals surface area contributed by atoms with Gasteiger partial charge in [0.05, 0.1) is 7.11 Å². The van der Waals surface area contributed by atoms with Crippen molar-refractivity contribution < 1.29 is 18.7 Å². The molecular weight excluding hydrogens is 235 g/mol. The van der Waals surface area contributed by atoms with Gasteiger partial charge in [-0.15, -0.1) is 0 Å². The Kier molecular flexibility index (Phi) is 5.59. The van der Waals surface area contributed by atoms with E-state index in [4.69, 9.17) is 0 Å². The molecule has 0 aromatic heterocycles. The van der Waals surface area contributed by atoms with Gasteiger partial charge in [0.1, 0.15) is 5.82 Å². The Morgan fingerprint density at radius 3 is 2.78 bits per heavy atom. The fourth-order valence-electron chi connectivity index (χ4n) is 1.27. The van der Waals surface area contributed by atoms with Crippen LogP contribution >= 0.6 is 0 Å². The average Bonchev–Trinajstić information content (AvgIpc) is 2.36. The monoisotopic (exact) mass is 248 g/mol. The summed E-state index contributed by atoms with van der Waals surface area (Å²) >= 11 is 0. The maximum absolute atomic E-state index is 12.8. The number of benzene rings is 1. The number of esters is 1. The summed E-state index contributed by atoms with van der Waals surface area (Å²) in [5, 5.41) is 0. The van der Waals surface area contributed by atoms with Crippen molar-refractivity contribution in [1.29, 1.82) is 0 Å². The Bertz CT molecular complexity index is 497. The van der Waals surface area contributed by atoms with Gasteiger partial charge in [0, 0.05) is 18.4 Å². The largest absolute Gasteiger partial charge is 0.469 e. The molecule has 4 heteroatoms. The molecule has 94 valence electrons. The van der Waals surface area contributed by atoms with E-state index in [0.717, 1.165) is 0 Å². The Balaban J connectivity index is 2.43. The van der Waals surface area contributed by atoms with E-state index < -0.39 is 0 Å². The SMILES string of the molecule is COC(=O)CCCC(=O)C#Cc1cccc(F)c1. The molecule has 0 bridgehead atoms. The summed E-state index contributed by atoms with van der Waals surface area (Å²) in [5.41, 5.74) is 0.455. The van der Waals surface area contributed by atoms with Gasteiger partial charge in [0.15, 0.2) is 0 Å². The summed E-state index contributed by atoms with van der Waals surface area (Å²) in [6.07, 6.45) is 0.796. The quantitative estimate of drug-likeness (QED) is 0.605. The average molecular weight is 248 g/mol. The number of halogens is 1. The molecule has 0 fully saturated rings. The van der Waals surface area contributed by atoms with Gasteiger partial charge in [0.25, 0.3) is 0 Å². The molecule has 0 amide bonds. The summed E-state index contributed by atoms with van der Waals surface area (Å²) in [5.74, 6) is 3.98. The summed E-state index contributed by atoms with van der Waals surface area (Å²) in [6.45, 7) is 0. The van der Waals surface area contributed by atoms with Gasteiger partial charge in [-0.25, -0.2) is 4.39 Å². The van der Waals surface area contributed by atoms with Gasteiger partial charge >= 0.3 is 5.97 Å². The molecule has 18 heavy (non-hydrogen) atoms. The van der Waals surface area contributed by atoms with E-state index in [0.29, 0.717) is 12.0 Å². The Morgan fingerprint density at radius 1 is 1.33 bits per heavy atom. The Hall–Kier alpha value is -2.15. The molecule has 1 aromatic carbocycles. The third kappa shape index (κ3) is 5.26. The Morgan fingerprint density at radius 2 is 2.11 bits per heavy atom. The highest BCUT2D eigenvalue weighted by atomic mass is 19.1. The van der Waals surface area contributed by atoms with Crippen LogP contribution in [0.2, 0.25) is 0 Å². The second-order valence-electron chi connectivity index (χ2n) is 3.61. The van der Waals surface area contributed by atoms with Crippen LogP contribution in [0.1, 0.15) is 24.8 Å². The molecule has 0 saturated heterocycles. The number of carbonyl (C=O) groups excluding carboxylic acids is 2. The number of rotatable bonds is 4. The number of ether oxygens (including phenoxy) is 1. The lowest BCUT2D eigenvalue weighted by Gasteiger charge is -1.95. The maximum atomic E-state index is 12.8. The molecule has 0 spiro atoms. The minimum atomic E-state index is -0.389. The van der Waals surface area contributed by atoms with E-state index in [1.807, 2.05) is 0 Å². The van der Waals surface area contributed by atoms with E-state index in [9.17, 15) is 14.0 Å². The van der Waals surface area contributed by atoms with Crippen LogP contribution in [0.15, 0.2) is 24.3 Å². The van der Waals surface area contributed by atoms with Gasteiger partial charge in [0.2, 0.25) is 5.78 Å². The summed E-state index contributed by atoms with van der Waals surface area (Å²) < 4.78 is 17.3. The number of ketones is 1. The zero-order valence-electron chi connectivity index (χ0n) is 10.0. The first kappa shape index (κ1) is 13.9. The highest BCUT2D eigenvalue weighted by Gasteiger charge is 2.02. The second kappa shape index (κ2) is 7.23. The maximum Gasteiger partial charge on any atom is 0.305 e. The predicted octanol–water partition coefficient (Wildman–Crippen LogP) is 2.09. The highest BCUT2D eigenvalue weighted by molar-refractivity contribution is 5.96. The van der Waals surface area contributed by atoms with E-state index in [1.54, 1.807) is 6.07 Å². The fraction of sp³-hybridized carbons (Fsp3) is 0.286. The molecule has 0 aliphatic heterocycles. The molecule has 3 nitrogen and oxygen atoms in total. The predicted molar refractivity (Wildman–Crippen MR) is 64.2 cm³/mol. The standard InChI is InChI=1S/C14H13FO3/c1-18-14(17)7-3-6-13(16)9-8-11-4-2-5-12(15)10-11/h2,4-5,10H,3,6-7H2,1H3. The third-order valence-electron chi connectivity index (χ3n) is 2.18. The van der Waals surface area contributed by atoms with Crippen LogP contribution in [0.25, 0.3) is 0 Å². The van der Waals surface area contributed by atoms with Crippen LogP contribution in [0, 0.1) is 17.7 Å². The molecule has 0 atom stereocenters. The first-order valence-electron chi connectivity index (χ1n) is 5.49. The number of methoxy groups -OCH3 is 1. The lowest BCUT2D eigenvalue weighted by molar-refractivity contribution is -0.140. The van der Waals surface area contributed by atoms with Crippen molar-refractivity contribution >= 4 is 11.8 Å². The first-order valence-corrected chi connectivity index (χ1v) is 5.49. The molecule has 0 aliphatic rings. The van der Waals surface area contributed by atoms with Gasteiger partial charge in [-0.1, -0.05) is 12.0 Å². The normalized spacial score (nSPS) is 9.22. The minimum absolute atomic E-state index is 0.192.